The Morgan fingerprint density at radius 2 is 1.96 bits per heavy atom. The van der Waals surface area contributed by atoms with E-state index < -0.39 is 0 Å². The first-order valence-electron chi connectivity index (χ1n) is 8.37. The lowest BCUT2D eigenvalue weighted by Gasteiger charge is -2.14. The van der Waals surface area contributed by atoms with Gasteiger partial charge in [-0.25, -0.2) is 4.99 Å². The van der Waals surface area contributed by atoms with Crippen LogP contribution in [0.4, 0.5) is 0 Å². The van der Waals surface area contributed by atoms with Crippen LogP contribution in [-0.2, 0) is 11.2 Å². The second kappa shape index (κ2) is 10.5. The molecular weight excluding hydrogens is 431 g/mol. The molecule has 0 spiro atoms. The van der Waals surface area contributed by atoms with Crippen molar-refractivity contribution in [3.63, 3.8) is 0 Å². The summed E-state index contributed by atoms with van der Waals surface area (Å²) in [5, 5.41) is 6.71. The number of benzene rings is 1. The second-order valence-electron chi connectivity index (χ2n) is 6.44. The normalized spacial score (nSPS) is 18.8. The Labute approximate surface area is 167 Å². The SMILES string of the molecule is COc1ccc(CCNC(=NCC(=O)N(C)C)NC2CC2C)cc1.I. The molecule has 1 aliphatic carbocycles. The number of aliphatic imine (C=N–C) groups is 1. The Balaban J connectivity index is 0.00000312. The van der Waals surface area contributed by atoms with Crippen molar-refractivity contribution < 1.29 is 9.53 Å². The summed E-state index contributed by atoms with van der Waals surface area (Å²) in [6.45, 7) is 3.12. The number of likely N-dealkylation sites (N-methyl/N-ethyl adjacent to an activating group) is 1. The summed E-state index contributed by atoms with van der Waals surface area (Å²) in [5.41, 5.74) is 1.23. The Morgan fingerprint density at radius 1 is 1.32 bits per heavy atom. The molecule has 0 aliphatic heterocycles. The van der Waals surface area contributed by atoms with Crippen LogP contribution in [0.1, 0.15) is 18.9 Å². The van der Waals surface area contributed by atoms with Crippen LogP contribution in [-0.4, -0.2) is 57.1 Å². The van der Waals surface area contributed by atoms with E-state index in [-0.39, 0.29) is 36.4 Å². The molecule has 1 aromatic rings. The molecule has 2 unspecified atom stereocenters. The summed E-state index contributed by atoms with van der Waals surface area (Å²) >= 11 is 0. The highest BCUT2D eigenvalue weighted by Gasteiger charge is 2.33. The van der Waals surface area contributed by atoms with Gasteiger partial charge in [-0.3, -0.25) is 4.79 Å². The summed E-state index contributed by atoms with van der Waals surface area (Å²) in [6, 6.07) is 8.51. The van der Waals surface area contributed by atoms with Crippen molar-refractivity contribution in [1.29, 1.82) is 0 Å². The number of methoxy groups -OCH3 is 1. The molecule has 6 nitrogen and oxygen atoms in total. The zero-order chi connectivity index (χ0) is 17.5. The molecule has 7 heteroatoms. The molecule has 0 heterocycles. The number of ether oxygens (including phenoxy) is 1. The molecule has 1 fully saturated rings. The van der Waals surface area contributed by atoms with Gasteiger partial charge in [-0.15, -0.1) is 24.0 Å². The molecule has 0 bridgehead atoms. The van der Waals surface area contributed by atoms with Crippen LogP contribution >= 0.6 is 24.0 Å². The van der Waals surface area contributed by atoms with E-state index in [1.165, 1.54) is 5.56 Å². The summed E-state index contributed by atoms with van der Waals surface area (Å²) in [5.74, 6) is 2.24. The number of carbonyl (C=O) groups is 1. The average Bonchev–Trinajstić information content (AvgIpc) is 3.27. The van der Waals surface area contributed by atoms with Crippen LogP contribution in [0.25, 0.3) is 0 Å². The number of carbonyl (C=O) groups excluding carboxylic acids is 1. The third-order valence-electron chi connectivity index (χ3n) is 4.17. The molecule has 0 saturated heterocycles. The molecule has 140 valence electrons. The number of nitrogens with one attached hydrogen (secondary N) is 2. The van der Waals surface area contributed by atoms with E-state index in [2.05, 4.69) is 34.7 Å². The van der Waals surface area contributed by atoms with Crippen molar-refractivity contribution in [1.82, 2.24) is 15.5 Å². The van der Waals surface area contributed by atoms with Gasteiger partial charge in [-0.2, -0.15) is 0 Å². The highest BCUT2D eigenvalue weighted by Crippen LogP contribution is 2.28. The fourth-order valence-corrected chi connectivity index (χ4v) is 2.26. The first-order valence-corrected chi connectivity index (χ1v) is 8.37. The van der Waals surface area contributed by atoms with E-state index in [1.54, 1.807) is 26.1 Å². The largest absolute Gasteiger partial charge is 0.497 e. The Kier molecular flexibility index (Phi) is 9.02. The van der Waals surface area contributed by atoms with Crippen molar-refractivity contribution >= 4 is 35.8 Å². The van der Waals surface area contributed by atoms with E-state index in [1.807, 2.05) is 12.1 Å². The van der Waals surface area contributed by atoms with E-state index in [9.17, 15) is 4.79 Å². The fraction of sp³-hybridized carbons (Fsp3) is 0.556. The van der Waals surface area contributed by atoms with Crippen LogP contribution in [0.3, 0.4) is 0 Å². The fourth-order valence-electron chi connectivity index (χ4n) is 2.26. The molecule has 2 N–H and O–H groups in total. The first kappa shape index (κ1) is 21.5. The Bertz CT molecular complexity index is 575. The van der Waals surface area contributed by atoms with Gasteiger partial charge in [0.05, 0.1) is 7.11 Å². The van der Waals surface area contributed by atoms with Gasteiger partial charge in [0, 0.05) is 26.7 Å². The molecule has 2 atom stereocenters. The number of halogens is 1. The highest BCUT2D eigenvalue weighted by molar-refractivity contribution is 14.0. The molecule has 2 rings (SSSR count). The molecule has 1 saturated carbocycles. The van der Waals surface area contributed by atoms with Crippen molar-refractivity contribution in [2.75, 3.05) is 34.3 Å². The third-order valence-corrected chi connectivity index (χ3v) is 4.17. The number of nitrogens with zero attached hydrogens (tertiary/aromatic N) is 2. The van der Waals surface area contributed by atoms with E-state index in [0.717, 1.165) is 25.1 Å². The van der Waals surface area contributed by atoms with Gasteiger partial charge in [-0.1, -0.05) is 19.1 Å². The summed E-state index contributed by atoms with van der Waals surface area (Å²) in [7, 11) is 5.15. The van der Waals surface area contributed by atoms with Crippen LogP contribution in [0, 0.1) is 5.92 Å². The molecule has 1 amide bonds. The maximum atomic E-state index is 11.7. The molecule has 0 radical (unpaired) electrons. The van der Waals surface area contributed by atoms with E-state index in [4.69, 9.17) is 4.74 Å². The number of amides is 1. The number of guanidine groups is 1. The van der Waals surface area contributed by atoms with Gasteiger partial charge in [0.1, 0.15) is 12.3 Å². The molecular formula is C18H29IN4O2. The van der Waals surface area contributed by atoms with Gasteiger partial charge in [0.15, 0.2) is 5.96 Å². The molecule has 25 heavy (non-hydrogen) atoms. The lowest BCUT2D eigenvalue weighted by atomic mass is 10.1. The van der Waals surface area contributed by atoms with Crippen LogP contribution in [0.15, 0.2) is 29.3 Å². The highest BCUT2D eigenvalue weighted by atomic mass is 127. The van der Waals surface area contributed by atoms with Crippen LogP contribution in [0.2, 0.25) is 0 Å². The predicted molar refractivity (Wildman–Crippen MR) is 112 cm³/mol. The summed E-state index contributed by atoms with van der Waals surface area (Å²) < 4.78 is 5.17. The first-order chi connectivity index (χ1) is 11.5. The standard InChI is InChI=1S/C18H28N4O2.HI/c1-13-11-16(13)21-18(20-12-17(23)22(2)3)19-10-9-14-5-7-15(24-4)8-6-14;/h5-8,13,16H,9-12H2,1-4H3,(H2,19,20,21);1H. The minimum absolute atomic E-state index is 0. The van der Waals surface area contributed by atoms with E-state index >= 15 is 0 Å². The Morgan fingerprint density at radius 3 is 2.48 bits per heavy atom. The zero-order valence-corrected chi connectivity index (χ0v) is 17.7. The van der Waals surface area contributed by atoms with Gasteiger partial charge < -0.3 is 20.3 Å². The Hall–Kier alpha value is -1.51. The molecule has 1 aromatic carbocycles. The number of hydrogen-bond donors (Lipinski definition) is 2. The van der Waals surface area contributed by atoms with Gasteiger partial charge in [-0.05, 0) is 36.5 Å². The van der Waals surface area contributed by atoms with Crippen molar-refractivity contribution in [3.05, 3.63) is 29.8 Å². The van der Waals surface area contributed by atoms with Gasteiger partial charge in [0.25, 0.3) is 0 Å². The predicted octanol–water partition coefficient (Wildman–Crippen LogP) is 1.89. The van der Waals surface area contributed by atoms with Gasteiger partial charge in [0.2, 0.25) is 5.91 Å². The maximum Gasteiger partial charge on any atom is 0.243 e. The number of rotatable bonds is 7. The van der Waals surface area contributed by atoms with Crippen molar-refractivity contribution in [2.24, 2.45) is 10.9 Å². The van der Waals surface area contributed by atoms with Gasteiger partial charge >= 0.3 is 0 Å². The molecule has 1 aliphatic rings. The van der Waals surface area contributed by atoms with Crippen LogP contribution < -0.4 is 15.4 Å². The quantitative estimate of drug-likeness (QED) is 0.371. The summed E-state index contributed by atoms with van der Waals surface area (Å²) in [4.78, 5) is 17.7. The summed E-state index contributed by atoms with van der Waals surface area (Å²) in [6.07, 6.45) is 2.04. The average molecular weight is 460 g/mol. The smallest absolute Gasteiger partial charge is 0.243 e. The lowest BCUT2D eigenvalue weighted by Crippen LogP contribution is -2.41. The minimum Gasteiger partial charge on any atom is -0.497 e. The maximum absolute atomic E-state index is 11.7. The van der Waals surface area contributed by atoms with Crippen LogP contribution in [0.5, 0.6) is 5.75 Å². The zero-order valence-electron chi connectivity index (χ0n) is 15.4. The monoisotopic (exact) mass is 460 g/mol. The topological polar surface area (TPSA) is 66.0 Å². The van der Waals surface area contributed by atoms with Crippen molar-refractivity contribution in [3.8, 4) is 5.75 Å². The number of hydrogen-bond acceptors (Lipinski definition) is 3. The minimum atomic E-state index is -0.00454. The third kappa shape index (κ3) is 7.50. The van der Waals surface area contributed by atoms with Crippen molar-refractivity contribution in [2.45, 2.75) is 25.8 Å². The molecule has 0 aromatic heterocycles. The lowest BCUT2D eigenvalue weighted by molar-refractivity contribution is -0.127. The van der Waals surface area contributed by atoms with E-state index in [0.29, 0.717) is 17.9 Å². The second-order valence-corrected chi connectivity index (χ2v) is 6.44.